The highest BCUT2D eigenvalue weighted by atomic mass is 16.5. The summed E-state index contributed by atoms with van der Waals surface area (Å²) in [5.74, 6) is 0.837. The van der Waals surface area contributed by atoms with Gasteiger partial charge >= 0.3 is 0 Å². The molecule has 1 aromatic carbocycles. The SMILES string of the molecule is O=C(COc1ccc(C=NNC(=O)CN2CCOCC2)cc1)NCc1ccco1. The number of carbonyl (C=O) groups excluding carboxylic acids is 2. The van der Waals surface area contributed by atoms with E-state index in [1.54, 1.807) is 48.9 Å². The number of carbonyl (C=O) groups is 2. The maximum atomic E-state index is 11.9. The second-order valence-corrected chi connectivity index (χ2v) is 6.40. The van der Waals surface area contributed by atoms with Gasteiger partial charge in [0.2, 0.25) is 0 Å². The smallest absolute Gasteiger partial charge is 0.258 e. The zero-order chi connectivity index (χ0) is 20.3. The van der Waals surface area contributed by atoms with Crippen LogP contribution >= 0.6 is 0 Å². The summed E-state index contributed by atoms with van der Waals surface area (Å²) in [4.78, 5) is 25.7. The Balaban J connectivity index is 1.35. The van der Waals surface area contributed by atoms with Gasteiger partial charge in [-0.15, -0.1) is 0 Å². The molecular formula is C20H24N4O5. The van der Waals surface area contributed by atoms with E-state index in [0.717, 1.165) is 18.7 Å². The molecule has 2 heterocycles. The van der Waals surface area contributed by atoms with Crippen LogP contribution in [0.5, 0.6) is 5.75 Å². The van der Waals surface area contributed by atoms with Gasteiger partial charge in [0.05, 0.1) is 38.8 Å². The van der Waals surface area contributed by atoms with Gasteiger partial charge in [0, 0.05) is 13.1 Å². The number of hydrogen-bond donors (Lipinski definition) is 2. The summed E-state index contributed by atoms with van der Waals surface area (Å²) in [6, 6.07) is 10.6. The topological polar surface area (TPSA) is 105 Å². The molecule has 2 aromatic rings. The number of hydrazone groups is 1. The minimum absolute atomic E-state index is 0.0915. The molecule has 0 aliphatic carbocycles. The Kier molecular flexibility index (Phi) is 7.79. The molecule has 0 spiro atoms. The molecule has 1 fully saturated rings. The fraction of sp³-hybridized carbons (Fsp3) is 0.350. The highest BCUT2D eigenvalue weighted by Crippen LogP contribution is 2.11. The number of morpholine rings is 1. The zero-order valence-electron chi connectivity index (χ0n) is 16.0. The molecule has 0 saturated carbocycles. The molecule has 2 N–H and O–H groups in total. The Morgan fingerprint density at radius 2 is 1.93 bits per heavy atom. The van der Waals surface area contributed by atoms with E-state index in [0.29, 0.717) is 37.8 Å². The zero-order valence-corrected chi connectivity index (χ0v) is 16.0. The fourth-order valence-electron chi connectivity index (χ4n) is 2.63. The van der Waals surface area contributed by atoms with Crippen molar-refractivity contribution >= 4 is 18.0 Å². The van der Waals surface area contributed by atoms with Crippen LogP contribution in [0.15, 0.2) is 52.2 Å². The number of rotatable bonds is 9. The minimum atomic E-state index is -0.241. The van der Waals surface area contributed by atoms with E-state index in [4.69, 9.17) is 13.9 Å². The number of nitrogens with one attached hydrogen (secondary N) is 2. The molecule has 29 heavy (non-hydrogen) atoms. The van der Waals surface area contributed by atoms with E-state index in [1.165, 1.54) is 0 Å². The average Bonchev–Trinajstić information content (AvgIpc) is 3.26. The first-order valence-electron chi connectivity index (χ1n) is 9.33. The third-order valence-electron chi connectivity index (χ3n) is 4.16. The van der Waals surface area contributed by atoms with E-state index >= 15 is 0 Å². The van der Waals surface area contributed by atoms with Crippen molar-refractivity contribution in [2.45, 2.75) is 6.54 Å². The molecule has 154 valence electrons. The third-order valence-corrected chi connectivity index (χ3v) is 4.16. The Bertz CT molecular complexity index is 799. The largest absolute Gasteiger partial charge is 0.484 e. The van der Waals surface area contributed by atoms with Crippen LogP contribution in [0.25, 0.3) is 0 Å². The van der Waals surface area contributed by atoms with Crippen molar-refractivity contribution in [1.29, 1.82) is 0 Å². The van der Waals surface area contributed by atoms with Crippen molar-refractivity contribution in [1.82, 2.24) is 15.6 Å². The van der Waals surface area contributed by atoms with Crippen molar-refractivity contribution in [3.63, 3.8) is 0 Å². The molecule has 9 heteroatoms. The first kappa shape index (κ1) is 20.6. The summed E-state index contributed by atoms with van der Waals surface area (Å²) in [5.41, 5.74) is 3.31. The summed E-state index contributed by atoms with van der Waals surface area (Å²) in [7, 11) is 0. The summed E-state index contributed by atoms with van der Waals surface area (Å²) in [6.07, 6.45) is 3.11. The quantitative estimate of drug-likeness (QED) is 0.476. The van der Waals surface area contributed by atoms with E-state index in [1.807, 2.05) is 4.90 Å². The average molecular weight is 400 g/mol. The molecule has 1 aromatic heterocycles. The monoisotopic (exact) mass is 400 g/mol. The number of ether oxygens (including phenoxy) is 2. The van der Waals surface area contributed by atoms with Crippen LogP contribution in [0.2, 0.25) is 0 Å². The molecule has 0 unspecified atom stereocenters. The van der Waals surface area contributed by atoms with Crippen LogP contribution in [0.4, 0.5) is 0 Å². The Morgan fingerprint density at radius 1 is 1.14 bits per heavy atom. The summed E-state index contributed by atoms with van der Waals surface area (Å²) < 4.78 is 15.8. The molecule has 2 amide bonds. The number of benzene rings is 1. The highest BCUT2D eigenvalue weighted by Gasteiger charge is 2.13. The fourth-order valence-corrected chi connectivity index (χ4v) is 2.63. The van der Waals surface area contributed by atoms with Gasteiger partial charge in [-0.1, -0.05) is 0 Å². The predicted octanol–water partition coefficient (Wildman–Crippen LogP) is 0.757. The van der Waals surface area contributed by atoms with Crippen molar-refractivity contribution in [2.24, 2.45) is 5.10 Å². The minimum Gasteiger partial charge on any atom is -0.484 e. The van der Waals surface area contributed by atoms with Crippen LogP contribution < -0.4 is 15.5 Å². The van der Waals surface area contributed by atoms with E-state index in [9.17, 15) is 9.59 Å². The number of nitrogens with zero attached hydrogens (tertiary/aromatic N) is 2. The second-order valence-electron chi connectivity index (χ2n) is 6.40. The van der Waals surface area contributed by atoms with Gasteiger partial charge in [0.15, 0.2) is 6.61 Å². The van der Waals surface area contributed by atoms with Crippen molar-refractivity contribution in [2.75, 3.05) is 39.5 Å². The predicted molar refractivity (Wildman–Crippen MR) is 105 cm³/mol. The molecule has 3 rings (SSSR count). The van der Waals surface area contributed by atoms with Crippen molar-refractivity contribution in [3.05, 3.63) is 54.0 Å². The Morgan fingerprint density at radius 3 is 2.66 bits per heavy atom. The summed E-state index contributed by atoms with van der Waals surface area (Å²) in [6.45, 7) is 3.33. The van der Waals surface area contributed by atoms with Gasteiger partial charge in [-0.2, -0.15) is 5.10 Å². The molecule has 1 aliphatic heterocycles. The maximum Gasteiger partial charge on any atom is 0.258 e. The standard InChI is InChI=1S/C20H24N4O5/c25-19(14-24-7-10-27-11-8-24)23-22-12-16-3-5-17(6-4-16)29-15-20(26)21-13-18-2-1-9-28-18/h1-6,9,12H,7-8,10-11,13-15H2,(H,21,26)(H,23,25). The molecule has 1 saturated heterocycles. The second kappa shape index (κ2) is 11.0. The van der Waals surface area contributed by atoms with Gasteiger partial charge in [-0.3, -0.25) is 14.5 Å². The molecule has 0 radical (unpaired) electrons. The highest BCUT2D eigenvalue weighted by molar-refractivity contribution is 5.83. The van der Waals surface area contributed by atoms with Crippen molar-refractivity contribution < 1.29 is 23.5 Å². The van der Waals surface area contributed by atoms with Crippen LogP contribution in [0.3, 0.4) is 0 Å². The lowest BCUT2D eigenvalue weighted by Gasteiger charge is -2.25. The number of amides is 2. The van der Waals surface area contributed by atoms with Gasteiger partial charge in [-0.05, 0) is 42.0 Å². The third kappa shape index (κ3) is 7.40. The van der Waals surface area contributed by atoms with Gasteiger partial charge in [0.25, 0.3) is 11.8 Å². The first-order chi connectivity index (χ1) is 14.2. The summed E-state index contributed by atoms with van der Waals surface area (Å²) in [5, 5.41) is 6.67. The van der Waals surface area contributed by atoms with E-state index in [-0.39, 0.29) is 18.4 Å². The Hall–Kier alpha value is -3.17. The van der Waals surface area contributed by atoms with Crippen LogP contribution in [-0.2, 0) is 20.9 Å². The Labute approximate surface area is 168 Å². The molecule has 0 atom stereocenters. The first-order valence-corrected chi connectivity index (χ1v) is 9.33. The van der Waals surface area contributed by atoms with Gasteiger partial charge < -0.3 is 19.2 Å². The molecule has 9 nitrogen and oxygen atoms in total. The molecule has 1 aliphatic rings. The van der Waals surface area contributed by atoms with Crippen LogP contribution in [0, 0.1) is 0 Å². The van der Waals surface area contributed by atoms with Crippen LogP contribution in [0.1, 0.15) is 11.3 Å². The number of furan rings is 1. The summed E-state index contributed by atoms with van der Waals surface area (Å²) >= 11 is 0. The number of hydrogen-bond acceptors (Lipinski definition) is 7. The van der Waals surface area contributed by atoms with Crippen LogP contribution in [-0.4, -0.2) is 62.4 Å². The maximum absolute atomic E-state index is 11.9. The van der Waals surface area contributed by atoms with Gasteiger partial charge in [0.1, 0.15) is 11.5 Å². The lowest BCUT2D eigenvalue weighted by atomic mass is 10.2. The lowest BCUT2D eigenvalue weighted by Crippen LogP contribution is -2.42. The van der Waals surface area contributed by atoms with E-state index in [2.05, 4.69) is 15.8 Å². The van der Waals surface area contributed by atoms with Crippen molar-refractivity contribution in [3.8, 4) is 5.75 Å². The van der Waals surface area contributed by atoms with Gasteiger partial charge in [-0.25, -0.2) is 5.43 Å². The van der Waals surface area contributed by atoms with E-state index < -0.39 is 0 Å². The molecular weight excluding hydrogens is 376 g/mol. The normalized spacial score (nSPS) is 14.6. The lowest BCUT2D eigenvalue weighted by molar-refractivity contribution is -0.124. The molecule has 0 bridgehead atoms.